The third-order valence-electron chi connectivity index (χ3n) is 4.10. The van der Waals surface area contributed by atoms with Crippen molar-refractivity contribution in [1.82, 2.24) is 0 Å². The molecule has 3 aromatic rings. The van der Waals surface area contributed by atoms with E-state index in [9.17, 15) is 10.1 Å². The Bertz CT molecular complexity index is 1150. The van der Waals surface area contributed by atoms with Gasteiger partial charge in [0.2, 0.25) is 0 Å². The molecule has 0 atom stereocenters. The van der Waals surface area contributed by atoms with Crippen molar-refractivity contribution in [1.29, 1.82) is 5.26 Å². The predicted octanol–water partition coefficient (Wildman–Crippen LogP) is 6.77. The van der Waals surface area contributed by atoms with Crippen LogP contribution in [0.2, 0.25) is 15.1 Å². The van der Waals surface area contributed by atoms with E-state index in [1.54, 1.807) is 42.5 Å². The highest BCUT2D eigenvalue weighted by Gasteiger charge is 2.13. The minimum Gasteiger partial charge on any atom is -0.488 e. The van der Waals surface area contributed by atoms with Gasteiger partial charge in [0.05, 0.1) is 10.7 Å². The van der Waals surface area contributed by atoms with Crippen LogP contribution in [0, 0.1) is 11.3 Å². The number of amides is 1. The molecule has 0 saturated carbocycles. The molecule has 0 fully saturated rings. The number of hydrogen-bond donors (Lipinski definition) is 1. The van der Waals surface area contributed by atoms with Gasteiger partial charge in [0.15, 0.2) is 0 Å². The molecule has 3 rings (SSSR count). The van der Waals surface area contributed by atoms with Crippen LogP contribution in [-0.2, 0) is 11.4 Å². The monoisotopic (exact) mass is 456 g/mol. The van der Waals surface area contributed by atoms with Crippen molar-refractivity contribution in [3.8, 4) is 11.8 Å². The first-order chi connectivity index (χ1) is 14.5. The van der Waals surface area contributed by atoms with E-state index in [2.05, 4.69) is 5.32 Å². The fourth-order valence-corrected chi connectivity index (χ4v) is 3.12. The van der Waals surface area contributed by atoms with Crippen molar-refractivity contribution >= 4 is 52.5 Å². The topological polar surface area (TPSA) is 62.1 Å². The number of benzene rings is 3. The van der Waals surface area contributed by atoms with Gasteiger partial charge in [0, 0.05) is 21.2 Å². The summed E-state index contributed by atoms with van der Waals surface area (Å²) in [5.74, 6) is -0.0960. The Balaban J connectivity index is 1.82. The summed E-state index contributed by atoms with van der Waals surface area (Å²) in [7, 11) is 0. The van der Waals surface area contributed by atoms with Crippen molar-refractivity contribution in [3.63, 3.8) is 0 Å². The summed E-state index contributed by atoms with van der Waals surface area (Å²) >= 11 is 18.2. The van der Waals surface area contributed by atoms with E-state index in [4.69, 9.17) is 39.5 Å². The Hall–Kier alpha value is -2.97. The van der Waals surface area contributed by atoms with Crippen molar-refractivity contribution < 1.29 is 9.53 Å². The highest BCUT2D eigenvalue weighted by atomic mass is 35.5. The SMILES string of the molecule is N#C/C(=C\c1ccccc1OCc1ccccc1Cl)C(=O)Nc1cc(Cl)ccc1Cl. The zero-order chi connectivity index (χ0) is 21.5. The van der Waals surface area contributed by atoms with E-state index in [0.717, 1.165) is 5.56 Å². The lowest BCUT2D eigenvalue weighted by molar-refractivity contribution is -0.112. The smallest absolute Gasteiger partial charge is 0.266 e. The number of para-hydroxylation sites is 1. The highest BCUT2D eigenvalue weighted by Crippen LogP contribution is 2.27. The number of carbonyl (C=O) groups excluding carboxylic acids is 1. The molecule has 7 heteroatoms. The maximum absolute atomic E-state index is 12.6. The van der Waals surface area contributed by atoms with Crippen molar-refractivity contribution in [2.45, 2.75) is 6.61 Å². The van der Waals surface area contributed by atoms with Crippen LogP contribution in [-0.4, -0.2) is 5.91 Å². The van der Waals surface area contributed by atoms with E-state index >= 15 is 0 Å². The van der Waals surface area contributed by atoms with Gasteiger partial charge in [-0.1, -0.05) is 71.2 Å². The van der Waals surface area contributed by atoms with Gasteiger partial charge >= 0.3 is 0 Å². The van der Waals surface area contributed by atoms with Gasteiger partial charge in [-0.25, -0.2) is 0 Å². The Morgan fingerprint density at radius 1 is 1.00 bits per heavy atom. The summed E-state index contributed by atoms with van der Waals surface area (Å²) in [5, 5.41) is 13.4. The second-order valence-corrected chi connectivity index (χ2v) is 7.42. The van der Waals surface area contributed by atoms with Crippen LogP contribution in [0.3, 0.4) is 0 Å². The summed E-state index contributed by atoms with van der Waals surface area (Å²) in [5.41, 5.74) is 1.61. The second-order valence-electron chi connectivity index (χ2n) is 6.17. The fraction of sp³-hybridized carbons (Fsp3) is 0.0435. The molecule has 0 heterocycles. The Morgan fingerprint density at radius 2 is 1.73 bits per heavy atom. The first-order valence-electron chi connectivity index (χ1n) is 8.81. The fourth-order valence-electron chi connectivity index (χ4n) is 2.59. The molecular formula is C23H15Cl3N2O2. The lowest BCUT2D eigenvalue weighted by Gasteiger charge is -2.11. The zero-order valence-corrected chi connectivity index (χ0v) is 17.8. The Labute approximate surface area is 189 Å². The molecule has 0 saturated heterocycles. The summed E-state index contributed by atoms with van der Waals surface area (Å²) in [6.07, 6.45) is 1.45. The third-order valence-corrected chi connectivity index (χ3v) is 5.03. The summed E-state index contributed by atoms with van der Waals surface area (Å²) in [6.45, 7) is 0.247. The van der Waals surface area contributed by atoms with Crippen LogP contribution in [0.15, 0.2) is 72.3 Å². The van der Waals surface area contributed by atoms with E-state index < -0.39 is 5.91 Å². The summed E-state index contributed by atoms with van der Waals surface area (Å²) in [4.78, 5) is 12.6. The number of anilines is 1. The number of nitrogens with one attached hydrogen (secondary N) is 1. The molecule has 0 bridgehead atoms. The number of rotatable bonds is 6. The minimum absolute atomic E-state index is 0.111. The van der Waals surface area contributed by atoms with Gasteiger partial charge in [0.1, 0.15) is 24.0 Å². The number of ether oxygens (including phenoxy) is 1. The van der Waals surface area contributed by atoms with Crippen LogP contribution in [0.1, 0.15) is 11.1 Å². The maximum Gasteiger partial charge on any atom is 0.266 e. The standard InChI is InChI=1S/C23H15Cl3N2O2/c24-18-9-10-20(26)21(12-18)28-23(29)17(13-27)11-15-5-2-4-8-22(15)30-14-16-6-1-3-7-19(16)25/h1-12H,14H2,(H,28,29)/b17-11+. The number of nitriles is 1. The molecule has 1 amide bonds. The van der Waals surface area contributed by atoms with Crippen molar-refractivity contribution in [2.24, 2.45) is 0 Å². The van der Waals surface area contributed by atoms with Gasteiger partial charge in [-0.3, -0.25) is 4.79 Å². The Kier molecular flexibility index (Phi) is 7.37. The molecule has 0 unspecified atom stereocenters. The van der Waals surface area contributed by atoms with Crippen LogP contribution < -0.4 is 10.1 Å². The number of nitrogens with zero attached hydrogens (tertiary/aromatic N) is 1. The minimum atomic E-state index is -0.609. The lowest BCUT2D eigenvalue weighted by atomic mass is 10.1. The molecule has 150 valence electrons. The predicted molar refractivity (Wildman–Crippen MR) is 121 cm³/mol. The van der Waals surface area contributed by atoms with Crippen molar-refractivity contribution in [3.05, 3.63) is 98.5 Å². The van der Waals surface area contributed by atoms with Crippen molar-refractivity contribution in [2.75, 3.05) is 5.32 Å². The summed E-state index contributed by atoms with van der Waals surface area (Å²) in [6, 6.07) is 21.0. The van der Waals surface area contributed by atoms with Crippen LogP contribution in [0.5, 0.6) is 5.75 Å². The number of hydrogen-bond acceptors (Lipinski definition) is 3. The second kappa shape index (κ2) is 10.2. The largest absolute Gasteiger partial charge is 0.488 e. The van der Waals surface area contributed by atoms with Gasteiger partial charge in [-0.15, -0.1) is 0 Å². The normalized spacial score (nSPS) is 10.9. The molecule has 0 aliphatic heterocycles. The molecule has 4 nitrogen and oxygen atoms in total. The van der Waals surface area contributed by atoms with E-state index in [1.807, 2.05) is 24.3 Å². The van der Waals surface area contributed by atoms with E-state index in [-0.39, 0.29) is 12.2 Å². The average molecular weight is 458 g/mol. The number of halogens is 3. The quantitative estimate of drug-likeness (QED) is 0.328. The third kappa shape index (κ3) is 5.55. The molecule has 0 aliphatic carbocycles. The molecular weight excluding hydrogens is 443 g/mol. The molecule has 0 aliphatic rings. The summed E-state index contributed by atoms with van der Waals surface area (Å²) < 4.78 is 5.87. The van der Waals surface area contributed by atoms with Crippen LogP contribution >= 0.6 is 34.8 Å². The van der Waals surface area contributed by atoms with Gasteiger partial charge in [0.25, 0.3) is 5.91 Å². The molecule has 0 aromatic heterocycles. The maximum atomic E-state index is 12.6. The zero-order valence-electron chi connectivity index (χ0n) is 15.5. The number of carbonyl (C=O) groups is 1. The molecule has 0 spiro atoms. The first-order valence-corrected chi connectivity index (χ1v) is 9.95. The van der Waals surface area contributed by atoms with Crippen LogP contribution in [0.25, 0.3) is 6.08 Å². The molecule has 30 heavy (non-hydrogen) atoms. The van der Waals surface area contributed by atoms with Crippen LogP contribution in [0.4, 0.5) is 5.69 Å². The Morgan fingerprint density at radius 3 is 2.50 bits per heavy atom. The van der Waals surface area contributed by atoms with E-state index in [0.29, 0.717) is 32.1 Å². The van der Waals surface area contributed by atoms with Gasteiger partial charge in [-0.05, 0) is 36.4 Å². The highest BCUT2D eigenvalue weighted by molar-refractivity contribution is 6.36. The molecule has 1 N–H and O–H groups in total. The van der Waals surface area contributed by atoms with Gasteiger partial charge < -0.3 is 10.1 Å². The first kappa shape index (κ1) is 21.7. The molecule has 3 aromatic carbocycles. The lowest BCUT2D eigenvalue weighted by Crippen LogP contribution is -2.13. The van der Waals surface area contributed by atoms with Gasteiger partial charge in [-0.2, -0.15) is 5.26 Å². The molecule has 0 radical (unpaired) electrons. The van der Waals surface area contributed by atoms with E-state index in [1.165, 1.54) is 12.1 Å². The average Bonchev–Trinajstić information content (AvgIpc) is 2.74.